The zero-order chi connectivity index (χ0) is 30.3. The molecule has 0 bridgehead atoms. The Balaban J connectivity index is 1.68. The molecule has 232 valence electrons. The fourth-order valence-corrected chi connectivity index (χ4v) is 5.77. The van der Waals surface area contributed by atoms with Crippen LogP contribution in [-0.4, -0.2) is 52.9 Å². The molecule has 2 aromatic carbocycles. The van der Waals surface area contributed by atoms with Gasteiger partial charge in [-0.1, -0.05) is 45.0 Å². The largest absolute Gasteiger partial charge is 0.501 e. The minimum Gasteiger partial charge on any atom is -0.501 e. The number of hydrogen-bond donors (Lipinski definition) is 1. The summed E-state index contributed by atoms with van der Waals surface area (Å²) in [6, 6.07) is 13.0. The number of rotatable bonds is 18. The Kier molecular flexibility index (Phi) is 14.4. The predicted octanol–water partition coefficient (Wildman–Crippen LogP) is 7.42. The van der Waals surface area contributed by atoms with Crippen molar-refractivity contribution in [3.05, 3.63) is 59.4 Å². The van der Waals surface area contributed by atoms with Crippen molar-refractivity contribution in [2.75, 3.05) is 47.1 Å². The van der Waals surface area contributed by atoms with Gasteiger partial charge in [-0.15, -0.1) is 0 Å². The van der Waals surface area contributed by atoms with Crippen molar-refractivity contribution < 1.29 is 23.7 Å². The van der Waals surface area contributed by atoms with E-state index in [1.54, 1.807) is 7.11 Å². The lowest BCUT2D eigenvalue weighted by atomic mass is 9.84. The highest BCUT2D eigenvalue weighted by Crippen LogP contribution is 2.39. The van der Waals surface area contributed by atoms with E-state index < -0.39 is 0 Å². The van der Waals surface area contributed by atoms with Gasteiger partial charge < -0.3 is 24.3 Å². The number of benzene rings is 2. The number of carbonyl (C=O) groups is 1. The highest BCUT2D eigenvalue weighted by molar-refractivity contribution is 5.82. The zero-order valence-corrected chi connectivity index (χ0v) is 26.8. The summed E-state index contributed by atoms with van der Waals surface area (Å²) in [6.07, 6.45) is 9.08. The van der Waals surface area contributed by atoms with Gasteiger partial charge in [0.2, 0.25) is 0 Å². The average Bonchev–Trinajstić information content (AvgIpc) is 3.23. The molecule has 1 heterocycles. The number of methoxy groups -OCH3 is 1. The van der Waals surface area contributed by atoms with Crippen LogP contribution in [0.4, 0.5) is 0 Å². The quantitative estimate of drug-likeness (QED) is 0.185. The average molecular weight is 580 g/mol. The van der Waals surface area contributed by atoms with Crippen molar-refractivity contribution in [3.63, 3.8) is 0 Å². The molecule has 0 saturated carbocycles. The van der Waals surface area contributed by atoms with Crippen LogP contribution in [0.1, 0.15) is 70.9 Å². The molecule has 0 amide bonds. The molecule has 1 aliphatic heterocycles. The second-order valence-electron chi connectivity index (χ2n) is 11.5. The predicted molar refractivity (Wildman–Crippen MR) is 171 cm³/mol. The van der Waals surface area contributed by atoms with Gasteiger partial charge in [-0.2, -0.15) is 0 Å². The second kappa shape index (κ2) is 18.0. The van der Waals surface area contributed by atoms with Gasteiger partial charge in [-0.05, 0) is 99.6 Å². The van der Waals surface area contributed by atoms with Crippen LogP contribution < -0.4 is 14.8 Å². The third-order valence-corrected chi connectivity index (χ3v) is 8.43. The Morgan fingerprint density at radius 2 is 1.71 bits per heavy atom. The Hall–Kier alpha value is -2.83. The lowest BCUT2D eigenvalue weighted by Gasteiger charge is -2.20. The zero-order valence-electron chi connectivity index (χ0n) is 26.8. The van der Waals surface area contributed by atoms with E-state index in [9.17, 15) is 4.79 Å². The van der Waals surface area contributed by atoms with Crippen molar-refractivity contribution in [2.24, 2.45) is 17.8 Å². The molecule has 0 aliphatic carbocycles. The number of allylic oxidation sites excluding steroid dienone is 1. The first kappa shape index (κ1) is 33.7. The van der Waals surface area contributed by atoms with Crippen LogP contribution in [0.2, 0.25) is 0 Å². The number of hydrogen-bond acceptors (Lipinski definition) is 6. The molecule has 1 N–H and O–H groups in total. The van der Waals surface area contributed by atoms with E-state index in [2.05, 4.69) is 62.5 Å². The maximum absolute atomic E-state index is 12.2. The third-order valence-electron chi connectivity index (χ3n) is 8.43. The summed E-state index contributed by atoms with van der Waals surface area (Å²) in [4.78, 5) is 12.2. The van der Waals surface area contributed by atoms with Crippen molar-refractivity contribution in [1.82, 2.24) is 5.32 Å². The molecule has 42 heavy (non-hydrogen) atoms. The summed E-state index contributed by atoms with van der Waals surface area (Å²) < 4.78 is 23.7. The topological polar surface area (TPSA) is 66.0 Å². The molecule has 3 unspecified atom stereocenters. The van der Waals surface area contributed by atoms with Crippen LogP contribution in [0.5, 0.6) is 11.5 Å². The first-order valence-corrected chi connectivity index (χ1v) is 15.9. The SMILES string of the molecule is CCOc1cc(CC2CCC(C(CC)CCC(C)C(=O)CNC)=COC2)ccc1-c1ccc(CC)cc1OCCOC. The summed E-state index contributed by atoms with van der Waals surface area (Å²) in [7, 11) is 3.52. The van der Waals surface area contributed by atoms with E-state index in [1.165, 1.54) is 16.7 Å². The normalized spacial score (nSPS) is 16.6. The van der Waals surface area contributed by atoms with Crippen molar-refractivity contribution in [3.8, 4) is 22.6 Å². The molecule has 2 aromatic rings. The Morgan fingerprint density at radius 1 is 1.00 bits per heavy atom. The third kappa shape index (κ3) is 9.88. The van der Waals surface area contributed by atoms with Crippen LogP contribution in [0.3, 0.4) is 0 Å². The Morgan fingerprint density at radius 3 is 2.38 bits per heavy atom. The van der Waals surface area contributed by atoms with Crippen molar-refractivity contribution in [1.29, 1.82) is 0 Å². The Labute approximate surface area is 254 Å². The van der Waals surface area contributed by atoms with Crippen LogP contribution in [-0.2, 0) is 27.1 Å². The number of aryl methyl sites for hydroxylation is 1. The van der Waals surface area contributed by atoms with Gasteiger partial charge in [0.1, 0.15) is 23.9 Å². The molecule has 0 aromatic heterocycles. The minimum atomic E-state index is 0.0895. The molecule has 1 aliphatic rings. The van der Waals surface area contributed by atoms with Crippen molar-refractivity contribution >= 4 is 5.78 Å². The monoisotopic (exact) mass is 579 g/mol. The Bertz CT molecular complexity index is 1140. The lowest BCUT2D eigenvalue weighted by molar-refractivity contribution is -0.121. The van der Waals surface area contributed by atoms with E-state index in [4.69, 9.17) is 18.9 Å². The van der Waals surface area contributed by atoms with Gasteiger partial charge in [0, 0.05) is 24.2 Å². The fourth-order valence-electron chi connectivity index (χ4n) is 5.77. The molecule has 6 heteroatoms. The van der Waals surface area contributed by atoms with Gasteiger partial charge in [-0.3, -0.25) is 4.79 Å². The van der Waals surface area contributed by atoms with Crippen LogP contribution >= 0.6 is 0 Å². The summed E-state index contributed by atoms with van der Waals surface area (Å²) in [5.41, 5.74) is 5.98. The smallest absolute Gasteiger partial charge is 0.149 e. The number of nitrogens with one attached hydrogen (secondary N) is 1. The summed E-state index contributed by atoms with van der Waals surface area (Å²) in [6.45, 7) is 11.3. The second-order valence-corrected chi connectivity index (χ2v) is 11.5. The summed E-state index contributed by atoms with van der Waals surface area (Å²) in [5, 5.41) is 2.99. The highest BCUT2D eigenvalue weighted by atomic mass is 16.5. The first-order chi connectivity index (χ1) is 20.4. The maximum Gasteiger partial charge on any atom is 0.149 e. The lowest BCUT2D eigenvalue weighted by Crippen LogP contribution is -2.24. The molecule has 3 rings (SSSR count). The van der Waals surface area contributed by atoms with E-state index >= 15 is 0 Å². The number of ether oxygens (including phenoxy) is 4. The van der Waals surface area contributed by atoms with Crippen LogP contribution in [0, 0.1) is 17.8 Å². The van der Waals surface area contributed by atoms with Gasteiger partial charge in [0.05, 0.1) is 32.6 Å². The van der Waals surface area contributed by atoms with E-state index in [-0.39, 0.29) is 5.92 Å². The first-order valence-electron chi connectivity index (χ1n) is 15.9. The summed E-state index contributed by atoms with van der Waals surface area (Å²) >= 11 is 0. The number of carbonyl (C=O) groups excluding carboxylic acids is 1. The van der Waals surface area contributed by atoms with Gasteiger partial charge in [0.25, 0.3) is 0 Å². The van der Waals surface area contributed by atoms with Crippen LogP contribution in [0.15, 0.2) is 48.2 Å². The van der Waals surface area contributed by atoms with Gasteiger partial charge in [0.15, 0.2) is 0 Å². The standard InChI is InChI=1S/C36H53NO5/c1-7-27-12-16-33(36(21-27)42-19-18-39-6)32-17-13-28(22-35(32)41-9-3)20-29-11-15-31(25-40-24-29)30(8-2)14-10-26(4)34(38)23-37-5/h12-13,16-17,21-22,25-26,29-30,37H,7-11,14-15,18-20,23-24H2,1-6H3. The van der Waals surface area contributed by atoms with Gasteiger partial charge in [-0.25, -0.2) is 0 Å². The van der Waals surface area contributed by atoms with Crippen molar-refractivity contribution in [2.45, 2.75) is 72.6 Å². The fraction of sp³-hybridized carbons (Fsp3) is 0.583. The van der Waals surface area contributed by atoms with Crippen LogP contribution in [0.25, 0.3) is 11.1 Å². The number of ketones is 1. The molecule has 0 radical (unpaired) electrons. The number of Topliss-reactive ketones (excluding diaryl/α,β-unsaturated/α-hetero) is 1. The van der Waals surface area contributed by atoms with E-state index in [1.807, 2.05) is 20.2 Å². The molecule has 0 fully saturated rings. The molecule has 0 spiro atoms. The minimum absolute atomic E-state index is 0.0895. The van der Waals surface area contributed by atoms with Gasteiger partial charge >= 0.3 is 0 Å². The number of likely N-dealkylation sites (N-methyl/N-ethyl adjacent to an activating group) is 1. The molecular formula is C36H53NO5. The van der Waals surface area contributed by atoms with E-state index in [0.29, 0.717) is 44.0 Å². The molecule has 0 saturated heterocycles. The highest BCUT2D eigenvalue weighted by Gasteiger charge is 2.22. The van der Waals surface area contributed by atoms with E-state index in [0.717, 1.165) is 74.2 Å². The molecular weight excluding hydrogens is 526 g/mol. The molecule has 3 atom stereocenters. The molecule has 6 nitrogen and oxygen atoms in total. The maximum atomic E-state index is 12.2. The summed E-state index contributed by atoms with van der Waals surface area (Å²) in [5.74, 6) is 3.04.